The summed E-state index contributed by atoms with van der Waals surface area (Å²) in [6, 6.07) is 9.34. The Morgan fingerprint density at radius 3 is 2.35 bits per heavy atom. The Labute approximate surface area is 158 Å². The van der Waals surface area contributed by atoms with E-state index in [2.05, 4.69) is 58.9 Å². The predicted molar refractivity (Wildman–Crippen MR) is 111 cm³/mol. The Morgan fingerprint density at radius 2 is 1.78 bits per heavy atom. The van der Waals surface area contributed by atoms with Crippen LogP contribution in [-0.4, -0.2) is 39.7 Å². The number of anilines is 1. The molecule has 0 saturated heterocycles. The minimum absolute atomic E-state index is 0. The molecule has 0 atom stereocenters. The van der Waals surface area contributed by atoms with Crippen molar-refractivity contribution in [1.29, 1.82) is 0 Å². The summed E-state index contributed by atoms with van der Waals surface area (Å²) in [6.07, 6.45) is 7.62. The quantitative estimate of drug-likeness (QED) is 0.427. The van der Waals surface area contributed by atoms with Gasteiger partial charge in [-0.3, -0.25) is 4.99 Å². The van der Waals surface area contributed by atoms with E-state index in [1.807, 2.05) is 7.05 Å². The van der Waals surface area contributed by atoms with E-state index in [9.17, 15) is 0 Å². The highest BCUT2D eigenvalue weighted by atomic mass is 127. The first kappa shape index (κ1) is 20.1. The number of aliphatic imine (C=N–C) groups is 1. The molecule has 5 heteroatoms. The maximum atomic E-state index is 4.34. The molecule has 2 rings (SSSR count). The molecule has 23 heavy (non-hydrogen) atoms. The second-order valence-corrected chi connectivity index (χ2v) is 6.29. The summed E-state index contributed by atoms with van der Waals surface area (Å²) in [5.74, 6) is 0.941. The fourth-order valence-electron chi connectivity index (χ4n) is 2.92. The van der Waals surface area contributed by atoms with Gasteiger partial charge in [0, 0.05) is 39.4 Å². The molecule has 130 valence electrons. The van der Waals surface area contributed by atoms with Gasteiger partial charge < -0.3 is 15.5 Å². The lowest BCUT2D eigenvalue weighted by Crippen LogP contribution is -2.44. The van der Waals surface area contributed by atoms with Crippen molar-refractivity contribution in [3.05, 3.63) is 29.8 Å². The zero-order chi connectivity index (χ0) is 15.8. The third kappa shape index (κ3) is 6.97. The molecule has 1 aromatic rings. The lowest BCUT2D eigenvalue weighted by atomic mass is 9.96. The molecule has 0 aliphatic heterocycles. The average molecular weight is 430 g/mol. The second kappa shape index (κ2) is 10.7. The van der Waals surface area contributed by atoms with Crippen LogP contribution in [0.25, 0.3) is 0 Å². The van der Waals surface area contributed by atoms with Gasteiger partial charge in [0.1, 0.15) is 0 Å². The Bertz CT molecular complexity index is 464. The fraction of sp³-hybridized carbons (Fsp3) is 0.611. The van der Waals surface area contributed by atoms with Crippen molar-refractivity contribution in [1.82, 2.24) is 10.6 Å². The Balaban J connectivity index is 0.00000264. The zero-order valence-electron chi connectivity index (χ0n) is 14.6. The van der Waals surface area contributed by atoms with Crippen LogP contribution in [0.5, 0.6) is 0 Å². The Morgan fingerprint density at radius 1 is 1.13 bits per heavy atom. The van der Waals surface area contributed by atoms with Crippen molar-refractivity contribution >= 4 is 35.6 Å². The molecule has 0 bridgehead atoms. The van der Waals surface area contributed by atoms with Crippen LogP contribution in [-0.2, 0) is 6.42 Å². The summed E-state index contributed by atoms with van der Waals surface area (Å²) < 4.78 is 0. The maximum Gasteiger partial charge on any atom is 0.191 e. The van der Waals surface area contributed by atoms with Gasteiger partial charge in [-0.25, -0.2) is 0 Å². The third-order valence-corrected chi connectivity index (χ3v) is 4.33. The van der Waals surface area contributed by atoms with Crippen LogP contribution in [0.3, 0.4) is 0 Å². The standard InChI is InChI=1S/C18H30N4.HI/c1-19-18(21-16-7-5-4-6-8-16)20-14-13-15-9-11-17(12-10-15)22(2)3;/h9-12,16H,4-8,13-14H2,1-3H3,(H2,19,20,21);1H. The molecule has 1 saturated carbocycles. The molecular weight excluding hydrogens is 399 g/mol. The smallest absolute Gasteiger partial charge is 0.191 e. The topological polar surface area (TPSA) is 39.7 Å². The van der Waals surface area contributed by atoms with Gasteiger partial charge in [0.2, 0.25) is 0 Å². The van der Waals surface area contributed by atoms with Crippen LogP contribution in [0.2, 0.25) is 0 Å². The summed E-state index contributed by atoms with van der Waals surface area (Å²) in [7, 11) is 5.99. The van der Waals surface area contributed by atoms with Crippen LogP contribution in [0.1, 0.15) is 37.7 Å². The van der Waals surface area contributed by atoms with Crippen LogP contribution in [0.4, 0.5) is 5.69 Å². The number of benzene rings is 1. The molecule has 2 N–H and O–H groups in total. The number of rotatable bonds is 5. The van der Waals surface area contributed by atoms with Crippen molar-refractivity contribution in [3.8, 4) is 0 Å². The van der Waals surface area contributed by atoms with E-state index in [0.29, 0.717) is 6.04 Å². The lowest BCUT2D eigenvalue weighted by Gasteiger charge is -2.24. The minimum atomic E-state index is 0. The van der Waals surface area contributed by atoms with Crippen molar-refractivity contribution in [2.24, 2.45) is 4.99 Å². The van der Waals surface area contributed by atoms with Crippen molar-refractivity contribution in [2.45, 2.75) is 44.6 Å². The molecule has 0 spiro atoms. The molecule has 1 aromatic carbocycles. The first-order chi connectivity index (χ1) is 10.7. The van der Waals surface area contributed by atoms with Crippen molar-refractivity contribution in [3.63, 3.8) is 0 Å². The summed E-state index contributed by atoms with van der Waals surface area (Å²) in [5, 5.41) is 6.98. The number of nitrogens with one attached hydrogen (secondary N) is 2. The highest BCUT2D eigenvalue weighted by Crippen LogP contribution is 2.17. The van der Waals surface area contributed by atoms with E-state index in [4.69, 9.17) is 0 Å². The summed E-state index contributed by atoms with van der Waals surface area (Å²) in [5.41, 5.74) is 2.60. The second-order valence-electron chi connectivity index (χ2n) is 6.29. The molecule has 0 aromatic heterocycles. The zero-order valence-corrected chi connectivity index (χ0v) is 17.0. The predicted octanol–water partition coefficient (Wildman–Crippen LogP) is 3.41. The first-order valence-electron chi connectivity index (χ1n) is 8.42. The van der Waals surface area contributed by atoms with Gasteiger partial charge in [-0.1, -0.05) is 31.4 Å². The van der Waals surface area contributed by atoms with E-state index in [-0.39, 0.29) is 24.0 Å². The summed E-state index contributed by atoms with van der Waals surface area (Å²) in [4.78, 5) is 6.46. The summed E-state index contributed by atoms with van der Waals surface area (Å²) >= 11 is 0. The molecular formula is C18H31IN4. The van der Waals surface area contributed by atoms with E-state index < -0.39 is 0 Å². The molecule has 1 fully saturated rings. The first-order valence-corrected chi connectivity index (χ1v) is 8.42. The van der Waals surface area contributed by atoms with Crippen molar-refractivity contribution in [2.75, 3.05) is 32.6 Å². The lowest BCUT2D eigenvalue weighted by molar-refractivity contribution is 0.410. The van der Waals surface area contributed by atoms with Gasteiger partial charge in [0.05, 0.1) is 0 Å². The molecule has 1 aliphatic carbocycles. The normalized spacial score (nSPS) is 15.7. The van der Waals surface area contributed by atoms with E-state index in [1.54, 1.807) is 0 Å². The average Bonchev–Trinajstić information content (AvgIpc) is 2.55. The Hall–Kier alpha value is -0.980. The Kier molecular flexibility index (Phi) is 9.36. The number of hydrogen-bond acceptors (Lipinski definition) is 2. The third-order valence-electron chi connectivity index (χ3n) is 4.33. The summed E-state index contributed by atoms with van der Waals surface area (Å²) in [6.45, 7) is 0.910. The molecule has 1 aliphatic rings. The maximum absolute atomic E-state index is 4.34. The monoisotopic (exact) mass is 430 g/mol. The molecule has 4 nitrogen and oxygen atoms in total. The molecule has 0 unspecified atom stereocenters. The van der Waals surface area contributed by atoms with Gasteiger partial charge in [0.25, 0.3) is 0 Å². The highest BCUT2D eigenvalue weighted by molar-refractivity contribution is 14.0. The molecule has 0 amide bonds. The van der Waals surface area contributed by atoms with Crippen LogP contribution >= 0.6 is 24.0 Å². The van der Waals surface area contributed by atoms with Gasteiger partial charge in [-0.2, -0.15) is 0 Å². The number of guanidine groups is 1. The number of halogens is 1. The van der Waals surface area contributed by atoms with Gasteiger partial charge in [-0.05, 0) is 37.0 Å². The number of nitrogens with zero attached hydrogens (tertiary/aromatic N) is 2. The van der Waals surface area contributed by atoms with Crippen molar-refractivity contribution < 1.29 is 0 Å². The number of hydrogen-bond donors (Lipinski definition) is 2. The van der Waals surface area contributed by atoms with Crippen LogP contribution < -0.4 is 15.5 Å². The van der Waals surface area contributed by atoms with E-state index >= 15 is 0 Å². The van der Waals surface area contributed by atoms with Crippen LogP contribution in [0, 0.1) is 0 Å². The molecule has 0 heterocycles. The minimum Gasteiger partial charge on any atom is -0.378 e. The highest BCUT2D eigenvalue weighted by Gasteiger charge is 2.14. The van der Waals surface area contributed by atoms with Gasteiger partial charge in [-0.15, -0.1) is 24.0 Å². The van der Waals surface area contributed by atoms with Gasteiger partial charge >= 0.3 is 0 Å². The fourth-order valence-corrected chi connectivity index (χ4v) is 2.92. The van der Waals surface area contributed by atoms with E-state index in [0.717, 1.165) is 18.9 Å². The largest absolute Gasteiger partial charge is 0.378 e. The molecule has 0 radical (unpaired) electrons. The SMILES string of the molecule is CN=C(NCCc1ccc(N(C)C)cc1)NC1CCCCC1.I. The van der Waals surface area contributed by atoms with Gasteiger partial charge in [0.15, 0.2) is 5.96 Å². The van der Waals surface area contributed by atoms with Crippen LogP contribution in [0.15, 0.2) is 29.3 Å². The van der Waals surface area contributed by atoms with E-state index in [1.165, 1.54) is 43.4 Å².